The molecule has 5 heteroatoms. The van der Waals surface area contributed by atoms with Crippen molar-refractivity contribution in [2.45, 2.75) is 13.5 Å². The van der Waals surface area contributed by atoms with E-state index in [4.69, 9.17) is 9.47 Å². The van der Waals surface area contributed by atoms with Crippen molar-refractivity contribution >= 4 is 21.6 Å². The maximum Gasteiger partial charge on any atom is 0.161 e. The van der Waals surface area contributed by atoms with Crippen molar-refractivity contribution in [2.75, 3.05) is 19.5 Å². The van der Waals surface area contributed by atoms with E-state index < -0.39 is 0 Å². The molecule has 0 amide bonds. The summed E-state index contributed by atoms with van der Waals surface area (Å²) in [6.07, 6.45) is 0. The topological polar surface area (TPSA) is 30.5 Å². The van der Waals surface area contributed by atoms with Crippen molar-refractivity contribution in [1.82, 2.24) is 0 Å². The molecular weight excluding hydrogens is 337 g/mol. The molecule has 0 fully saturated rings. The molecule has 0 aliphatic carbocycles. The molecule has 0 spiro atoms. The van der Waals surface area contributed by atoms with Gasteiger partial charge in [0.25, 0.3) is 0 Å². The lowest BCUT2D eigenvalue weighted by Crippen LogP contribution is -2.03. The van der Waals surface area contributed by atoms with Crippen molar-refractivity contribution in [3.05, 3.63) is 51.7 Å². The van der Waals surface area contributed by atoms with Crippen LogP contribution in [0.15, 0.2) is 34.8 Å². The first-order valence-electron chi connectivity index (χ1n) is 6.45. The number of nitrogens with one attached hydrogen (secondary N) is 1. The highest BCUT2D eigenvalue weighted by atomic mass is 79.9. The molecule has 2 aromatic carbocycles. The fourth-order valence-electron chi connectivity index (χ4n) is 2.05. The Balaban J connectivity index is 2.19. The molecule has 0 unspecified atom stereocenters. The largest absolute Gasteiger partial charge is 0.493 e. The van der Waals surface area contributed by atoms with Crippen LogP contribution in [0.1, 0.15) is 11.1 Å². The van der Waals surface area contributed by atoms with Crippen LogP contribution in [0.5, 0.6) is 11.5 Å². The predicted octanol–water partition coefficient (Wildman–Crippen LogP) is 4.53. The SMILES string of the molecule is COc1cc(Br)c(CNc2ccc(F)cc2C)cc1OC. The van der Waals surface area contributed by atoms with Crippen molar-refractivity contribution in [1.29, 1.82) is 0 Å². The van der Waals surface area contributed by atoms with E-state index in [9.17, 15) is 4.39 Å². The standard InChI is InChI=1S/C16H17BrFNO2/c1-10-6-12(18)4-5-14(10)19-9-11-7-15(20-2)16(21-3)8-13(11)17/h4-8,19H,9H2,1-3H3. The Morgan fingerprint density at radius 3 is 2.38 bits per heavy atom. The Morgan fingerprint density at radius 2 is 1.76 bits per heavy atom. The fraction of sp³-hybridized carbons (Fsp3) is 0.250. The third-order valence-electron chi connectivity index (χ3n) is 3.21. The summed E-state index contributed by atoms with van der Waals surface area (Å²) in [5.74, 6) is 1.12. The molecule has 0 heterocycles. The van der Waals surface area contributed by atoms with Gasteiger partial charge < -0.3 is 14.8 Å². The molecule has 0 aromatic heterocycles. The van der Waals surface area contributed by atoms with E-state index >= 15 is 0 Å². The van der Waals surface area contributed by atoms with E-state index in [1.54, 1.807) is 20.3 Å². The van der Waals surface area contributed by atoms with Crippen LogP contribution >= 0.6 is 15.9 Å². The Labute approximate surface area is 132 Å². The molecular formula is C16H17BrFNO2. The van der Waals surface area contributed by atoms with E-state index in [2.05, 4.69) is 21.2 Å². The number of anilines is 1. The molecule has 2 rings (SSSR count). The molecule has 0 radical (unpaired) electrons. The summed E-state index contributed by atoms with van der Waals surface area (Å²) in [4.78, 5) is 0. The van der Waals surface area contributed by atoms with Crippen LogP contribution in [-0.2, 0) is 6.54 Å². The molecule has 0 saturated carbocycles. The molecule has 21 heavy (non-hydrogen) atoms. The van der Waals surface area contributed by atoms with Gasteiger partial charge >= 0.3 is 0 Å². The van der Waals surface area contributed by atoms with Crippen LogP contribution < -0.4 is 14.8 Å². The Kier molecular flexibility index (Phi) is 5.07. The number of hydrogen-bond donors (Lipinski definition) is 1. The average Bonchev–Trinajstić information content (AvgIpc) is 2.47. The zero-order chi connectivity index (χ0) is 15.4. The Bertz CT molecular complexity index is 646. The molecule has 0 atom stereocenters. The van der Waals surface area contributed by atoms with Gasteiger partial charge in [-0.3, -0.25) is 0 Å². The monoisotopic (exact) mass is 353 g/mol. The number of aryl methyl sites for hydroxylation is 1. The molecule has 0 aliphatic heterocycles. The van der Waals surface area contributed by atoms with Crippen LogP contribution in [0, 0.1) is 12.7 Å². The number of ether oxygens (including phenoxy) is 2. The minimum absolute atomic E-state index is 0.231. The van der Waals surface area contributed by atoms with Crippen LogP contribution in [0.25, 0.3) is 0 Å². The molecule has 3 nitrogen and oxygen atoms in total. The summed E-state index contributed by atoms with van der Waals surface area (Å²) < 4.78 is 24.6. The average molecular weight is 354 g/mol. The second kappa shape index (κ2) is 6.80. The predicted molar refractivity (Wildman–Crippen MR) is 85.7 cm³/mol. The van der Waals surface area contributed by atoms with Gasteiger partial charge in [0.05, 0.1) is 14.2 Å². The number of hydrogen-bond acceptors (Lipinski definition) is 3. The van der Waals surface area contributed by atoms with Crippen molar-refractivity contribution in [3.8, 4) is 11.5 Å². The summed E-state index contributed by atoms with van der Waals surface area (Å²) in [7, 11) is 3.21. The summed E-state index contributed by atoms with van der Waals surface area (Å²) in [5.41, 5.74) is 2.79. The van der Waals surface area contributed by atoms with Gasteiger partial charge in [-0.15, -0.1) is 0 Å². The quantitative estimate of drug-likeness (QED) is 0.856. The number of methoxy groups -OCH3 is 2. The minimum Gasteiger partial charge on any atom is -0.493 e. The lowest BCUT2D eigenvalue weighted by Gasteiger charge is -2.14. The maximum atomic E-state index is 13.1. The second-order valence-corrected chi connectivity index (χ2v) is 5.47. The van der Waals surface area contributed by atoms with Gasteiger partial charge in [-0.2, -0.15) is 0 Å². The summed E-state index contributed by atoms with van der Waals surface area (Å²) in [5, 5.41) is 3.29. The maximum absolute atomic E-state index is 13.1. The summed E-state index contributed by atoms with van der Waals surface area (Å²) >= 11 is 3.52. The highest BCUT2D eigenvalue weighted by Crippen LogP contribution is 2.33. The smallest absolute Gasteiger partial charge is 0.161 e. The van der Waals surface area contributed by atoms with Gasteiger partial charge in [0, 0.05) is 16.7 Å². The third-order valence-corrected chi connectivity index (χ3v) is 3.95. The van der Waals surface area contributed by atoms with E-state index in [0.717, 1.165) is 21.3 Å². The first-order chi connectivity index (χ1) is 10.0. The van der Waals surface area contributed by atoms with E-state index in [0.29, 0.717) is 18.0 Å². The fourth-order valence-corrected chi connectivity index (χ4v) is 2.51. The van der Waals surface area contributed by atoms with Gasteiger partial charge in [0.15, 0.2) is 11.5 Å². The highest BCUT2D eigenvalue weighted by Gasteiger charge is 2.10. The van der Waals surface area contributed by atoms with Crippen molar-refractivity contribution in [3.63, 3.8) is 0 Å². The van der Waals surface area contributed by atoms with Crippen LogP contribution in [-0.4, -0.2) is 14.2 Å². The van der Waals surface area contributed by atoms with Crippen molar-refractivity contribution in [2.24, 2.45) is 0 Å². The van der Waals surface area contributed by atoms with Crippen LogP contribution in [0.2, 0.25) is 0 Å². The van der Waals surface area contributed by atoms with Crippen LogP contribution in [0.3, 0.4) is 0 Å². The van der Waals surface area contributed by atoms with Gasteiger partial charge in [-0.1, -0.05) is 15.9 Å². The Hall–Kier alpha value is -1.75. The van der Waals surface area contributed by atoms with E-state index in [1.165, 1.54) is 12.1 Å². The third kappa shape index (κ3) is 3.67. The second-order valence-electron chi connectivity index (χ2n) is 4.61. The number of rotatable bonds is 5. The summed E-state index contributed by atoms with van der Waals surface area (Å²) in [6, 6.07) is 8.46. The van der Waals surface area contributed by atoms with Gasteiger partial charge in [-0.25, -0.2) is 4.39 Å². The molecule has 0 bridgehead atoms. The molecule has 112 valence electrons. The molecule has 1 N–H and O–H groups in total. The zero-order valence-corrected chi connectivity index (χ0v) is 13.8. The number of halogens is 2. The zero-order valence-electron chi connectivity index (χ0n) is 12.2. The minimum atomic E-state index is -0.231. The lowest BCUT2D eigenvalue weighted by molar-refractivity contribution is 0.354. The molecule has 0 aliphatic rings. The van der Waals surface area contributed by atoms with Gasteiger partial charge in [-0.05, 0) is 48.4 Å². The Morgan fingerprint density at radius 1 is 1.10 bits per heavy atom. The first kappa shape index (κ1) is 15.6. The normalized spacial score (nSPS) is 10.3. The highest BCUT2D eigenvalue weighted by molar-refractivity contribution is 9.10. The molecule has 2 aromatic rings. The van der Waals surface area contributed by atoms with Crippen LogP contribution in [0.4, 0.5) is 10.1 Å². The van der Waals surface area contributed by atoms with Crippen molar-refractivity contribution < 1.29 is 13.9 Å². The van der Waals surface area contributed by atoms with Gasteiger partial charge in [0.2, 0.25) is 0 Å². The van der Waals surface area contributed by atoms with E-state index in [1.807, 2.05) is 19.1 Å². The molecule has 0 saturated heterocycles. The van der Waals surface area contributed by atoms with E-state index in [-0.39, 0.29) is 5.82 Å². The number of benzene rings is 2. The van der Waals surface area contributed by atoms with Gasteiger partial charge in [0.1, 0.15) is 5.82 Å². The first-order valence-corrected chi connectivity index (χ1v) is 7.25. The summed E-state index contributed by atoms with van der Waals surface area (Å²) in [6.45, 7) is 2.46. The lowest BCUT2D eigenvalue weighted by atomic mass is 10.1.